The van der Waals surface area contributed by atoms with Gasteiger partial charge in [-0.15, -0.1) is 0 Å². The van der Waals surface area contributed by atoms with Gasteiger partial charge in [0.25, 0.3) is 0 Å². The van der Waals surface area contributed by atoms with Crippen molar-refractivity contribution in [2.24, 2.45) is 0 Å². The van der Waals surface area contributed by atoms with Crippen LogP contribution in [0.5, 0.6) is 0 Å². The second-order valence-electron chi connectivity index (χ2n) is 4.29. The standard InChI is InChI=1S/C14H19FN2O3/c1-4-17(12-7-5-6-11(15)8-12)9-13(14(19)20-3)16-10(2)18/h5-8,13H,4,9H2,1-3H3,(H,16,18). The molecule has 0 heterocycles. The monoisotopic (exact) mass is 282 g/mol. The highest BCUT2D eigenvalue weighted by molar-refractivity contribution is 5.83. The third kappa shape index (κ3) is 4.53. The van der Waals surface area contributed by atoms with E-state index in [-0.39, 0.29) is 18.3 Å². The van der Waals surface area contributed by atoms with Crippen molar-refractivity contribution in [1.29, 1.82) is 0 Å². The number of benzene rings is 1. The van der Waals surface area contributed by atoms with Gasteiger partial charge in [-0.05, 0) is 25.1 Å². The van der Waals surface area contributed by atoms with E-state index in [1.165, 1.54) is 26.2 Å². The molecule has 0 aliphatic rings. The van der Waals surface area contributed by atoms with E-state index in [4.69, 9.17) is 0 Å². The van der Waals surface area contributed by atoms with Gasteiger partial charge in [0.05, 0.1) is 7.11 Å². The summed E-state index contributed by atoms with van der Waals surface area (Å²) in [6, 6.07) is 5.28. The molecular formula is C14H19FN2O3. The first-order valence-electron chi connectivity index (χ1n) is 6.33. The van der Waals surface area contributed by atoms with E-state index in [9.17, 15) is 14.0 Å². The Kier molecular flexibility index (Phi) is 5.96. The Balaban J connectivity index is 2.88. The number of rotatable bonds is 6. The number of anilines is 1. The maximum absolute atomic E-state index is 13.2. The van der Waals surface area contributed by atoms with Crippen LogP contribution in [-0.4, -0.2) is 38.1 Å². The van der Waals surface area contributed by atoms with Crippen LogP contribution >= 0.6 is 0 Å². The maximum atomic E-state index is 13.2. The van der Waals surface area contributed by atoms with Gasteiger partial charge in [-0.3, -0.25) is 4.79 Å². The molecule has 1 unspecified atom stereocenters. The Morgan fingerprint density at radius 1 is 1.45 bits per heavy atom. The van der Waals surface area contributed by atoms with E-state index >= 15 is 0 Å². The summed E-state index contributed by atoms with van der Waals surface area (Å²) >= 11 is 0. The van der Waals surface area contributed by atoms with E-state index in [2.05, 4.69) is 10.1 Å². The lowest BCUT2D eigenvalue weighted by molar-refractivity contribution is -0.144. The zero-order chi connectivity index (χ0) is 15.1. The van der Waals surface area contributed by atoms with E-state index in [0.29, 0.717) is 12.2 Å². The number of carbonyl (C=O) groups is 2. The maximum Gasteiger partial charge on any atom is 0.330 e. The summed E-state index contributed by atoms with van der Waals surface area (Å²) in [6.07, 6.45) is 0. The number of nitrogens with zero attached hydrogens (tertiary/aromatic N) is 1. The number of carbonyl (C=O) groups excluding carboxylic acids is 2. The molecule has 0 radical (unpaired) electrons. The predicted octanol–water partition coefficient (Wildman–Crippen LogP) is 1.33. The molecule has 1 N–H and O–H groups in total. The highest BCUT2D eigenvalue weighted by Crippen LogP contribution is 2.15. The van der Waals surface area contributed by atoms with Crippen LogP contribution in [0.1, 0.15) is 13.8 Å². The molecule has 1 aromatic carbocycles. The molecule has 0 aliphatic heterocycles. The number of nitrogens with one attached hydrogen (secondary N) is 1. The lowest BCUT2D eigenvalue weighted by Gasteiger charge is -2.27. The van der Waals surface area contributed by atoms with Crippen molar-refractivity contribution in [2.75, 3.05) is 25.1 Å². The van der Waals surface area contributed by atoms with E-state index in [1.54, 1.807) is 17.0 Å². The number of methoxy groups -OCH3 is 1. The molecule has 1 aromatic rings. The van der Waals surface area contributed by atoms with Gasteiger partial charge in [-0.25, -0.2) is 9.18 Å². The summed E-state index contributed by atoms with van der Waals surface area (Å²) in [4.78, 5) is 24.6. The van der Waals surface area contributed by atoms with Crippen LogP contribution < -0.4 is 10.2 Å². The van der Waals surface area contributed by atoms with Crippen molar-refractivity contribution >= 4 is 17.6 Å². The molecule has 6 heteroatoms. The Morgan fingerprint density at radius 2 is 2.15 bits per heavy atom. The fourth-order valence-electron chi connectivity index (χ4n) is 1.88. The second kappa shape index (κ2) is 7.47. The molecule has 0 saturated heterocycles. The third-order valence-corrected chi connectivity index (χ3v) is 2.82. The molecule has 5 nitrogen and oxygen atoms in total. The fraction of sp³-hybridized carbons (Fsp3) is 0.429. The Labute approximate surface area is 117 Å². The molecule has 1 atom stereocenters. The number of hydrogen-bond acceptors (Lipinski definition) is 4. The third-order valence-electron chi connectivity index (χ3n) is 2.82. The van der Waals surface area contributed by atoms with E-state index < -0.39 is 12.0 Å². The van der Waals surface area contributed by atoms with Crippen molar-refractivity contribution < 1.29 is 18.7 Å². The first kappa shape index (κ1) is 15.9. The molecule has 0 spiro atoms. The number of amides is 1. The molecule has 0 saturated carbocycles. The van der Waals surface area contributed by atoms with Crippen molar-refractivity contribution in [3.63, 3.8) is 0 Å². The quantitative estimate of drug-likeness (QED) is 0.800. The average molecular weight is 282 g/mol. The molecule has 0 aliphatic carbocycles. The van der Waals surface area contributed by atoms with Crippen LogP contribution in [0.2, 0.25) is 0 Å². The van der Waals surface area contributed by atoms with Crippen LogP contribution in [-0.2, 0) is 14.3 Å². The number of halogens is 1. The summed E-state index contributed by atoms with van der Waals surface area (Å²) in [6.45, 7) is 3.99. The number of esters is 1. The molecule has 1 rings (SSSR count). The Bertz CT molecular complexity index is 479. The molecular weight excluding hydrogens is 263 g/mol. The topological polar surface area (TPSA) is 58.6 Å². The molecule has 0 aromatic heterocycles. The van der Waals surface area contributed by atoms with Gasteiger partial charge >= 0.3 is 5.97 Å². The normalized spacial score (nSPS) is 11.6. The molecule has 110 valence electrons. The van der Waals surface area contributed by atoms with Gasteiger partial charge in [-0.1, -0.05) is 6.07 Å². The van der Waals surface area contributed by atoms with Gasteiger partial charge in [0.15, 0.2) is 0 Å². The van der Waals surface area contributed by atoms with Gasteiger partial charge in [0, 0.05) is 25.7 Å². The first-order valence-corrected chi connectivity index (χ1v) is 6.33. The summed E-state index contributed by atoms with van der Waals surface area (Å²) < 4.78 is 17.9. The van der Waals surface area contributed by atoms with Crippen LogP contribution in [0.3, 0.4) is 0 Å². The second-order valence-corrected chi connectivity index (χ2v) is 4.29. The minimum atomic E-state index is -0.791. The summed E-state index contributed by atoms with van der Waals surface area (Å²) in [5, 5.41) is 2.53. The summed E-state index contributed by atoms with van der Waals surface area (Å²) in [5.74, 6) is -1.21. The lowest BCUT2D eigenvalue weighted by Crippen LogP contribution is -2.48. The zero-order valence-corrected chi connectivity index (χ0v) is 11.9. The van der Waals surface area contributed by atoms with Gasteiger partial charge in [0.2, 0.25) is 5.91 Å². The van der Waals surface area contributed by atoms with Crippen molar-refractivity contribution in [3.05, 3.63) is 30.1 Å². The molecule has 0 bridgehead atoms. The minimum Gasteiger partial charge on any atom is -0.467 e. The molecule has 1 amide bonds. The van der Waals surface area contributed by atoms with Crippen molar-refractivity contribution in [3.8, 4) is 0 Å². The first-order chi connectivity index (χ1) is 9.47. The zero-order valence-electron chi connectivity index (χ0n) is 11.9. The number of hydrogen-bond donors (Lipinski definition) is 1. The Hall–Kier alpha value is -2.11. The van der Waals surface area contributed by atoms with Crippen molar-refractivity contribution in [1.82, 2.24) is 5.32 Å². The molecule has 0 fully saturated rings. The number of ether oxygens (including phenoxy) is 1. The van der Waals surface area contributed by atoms with E-state index in [0.717, 1.165) is 0 Å². The average Bonchev–Trinajstić information content (AvgIpc) is 2.42. The van der Waals surface area contributed by atoms with Crippen molar-refractivity contribution in [2.45, 2.75) is 19.9 Å². The van der Waals surface area contributed by atoms with Crippen LogP contribution in [0.15, 0.2) is 24.3 Å². The smallest absolute Gasteiger partial charge is 0.330 e. The largest absolute Gasteiger partial charge is 0.467 e. The van der Waals surface area contributed by atoms with Gasteiger partial charge < -0.3 is 15.0 Å². The van der Waals surface area contributed by atoms with Crippen LogP contribution in [0.25, 0.3) is 0 Å². The lowest BCUT2D eigenvalue weighted by atomic mass is 10.2. The Morgan fingerprint density at radius 3 is 2.65 bits per heavy atom. The fourth-order valence-corrected chi connectivity index (χ4v) is 1.88. The highest BCUT2D eigenvalue weighted by atomic mass is 19.1. The number of likely N-dealkylation sites (N-methyl/N-ethyl adjacent to an activating group) is 1. The van der Waals surface area contributed by atoms with Crippen LogP contribution in [0, 0.1) is 5.82 Å². The molecule has 20 heavy (non-hydrogen) atoms. The SMILES string of the molecule is CCN(CC(NC(C)=O)C(=O)OC)c1cccc(F)c1. The van der Waals surface area contributed by atoms with Gasteiger partial charge in [-0.2, -0.15) is 0 Å². The predicted molar refractivity (Wildman–Crippen MR) is 73.9 cm³/mol. The minimum absolute atomic E-state index is 0.214. The van der Waals surface area contributed by atoms with E-state index in [1.807, 2.05) is 6.92 Å². The summed E-state index contributed by atoms with van der Waals surface area (Å²) in [5.41, 5.74) is 0.645. The highest BCUT2D eigenvalue weighted by Gasteiger charge is 2.23. The van der Waals surface area contributed by atoms with Gasteiger partial charge in [0.1, 0.15) is 11.9 Å². The van der Waals surface area contributed by atoms with Crippen LogP contribution in [0.4, 0.5) is 10.1 Å². The summed E-state index contributed by atoms with van der Waals surface area (Å²) in [7, 11) is 1.26.